The van der Waals surface area contributed by atoms with Crippen LogP contribution in [0, 0.1) is 0 Å². The first kappa shape index (κ1) is 22.7. The van der Waals surface area contributed by atoms with Gasteiger partial charge in [0, 0.05) is 44.8 Å². The maximum Gasteiger partial charge on any atom is 0.267 e. The lowest BCUT2D eigenvalue weighted by Crippen LogP contribution is -2.55. The predicted molar refractivity (Wildman–Crippen MR) is 123 cm³/mol. The molecule has 3 heterocycles. The molecule has 5 rings (SSSR count). The number of ether oxygens (including phenoxy) is 2. The molecule has 10 heteroatoms. The maximum absolute atomic E-state index is 13.0. The van der Waals surface area contributed by atoms with Crippen LogP contribution in [0.5, 0.6) is 11.5 Å². The molecule has 34 heavy (non-hydrogen) atoms. The predicted octanol–water partition coefficient (Wildman–Crippen LogP) is 1.60. The van der Waals surface area contributed by atoms with Gasteiger partial charge in [0.2, 0.25) is 16.1 Å². The first-order chi connectivity index (χ1) is 16.4. The fraction of sp³-hybridized carbons (Fsp3) is 0.417. The monoisotopic (exact) mass is 485 g/mol. The molecule has 3 aliphatic heterocycles. The van der Waals surface area contributed by atoms with Crippen molar-refractivity contribution in [1.29, 1.82) is 0 Å². The van der Waals surface area contributed by atoms with Gasteiger partial charge >= 0.3 is 0 Å². The van der Waals surface area contributed by atoms with Crippen LogP contribution >= 0.6 is 0 Å². The van der Waals surface area contributed by atoms with E-state index in [0.717, 1.165) is 12.8 Å². The highest BCUT2D eigenvalue weighted by molar-refractivity contribution is 7.89. The van der Waals surface area contributed by atoms with Gasteiger partial charge in [0.25, 0.3) is 11.8 Å². The molecule has 0 N–H and O–H groups in total. The zero-order valence-electron chi connectivity index (χ0n) is 18.8. The van der Waals surface area contributed by atoms with E-state index in [1.54, 1.807) is 34.1 Å². The number of carbonyl (C=O) groups excluding carboxylic acids is 2. The number of sulfonamides is 1. The molecule has 2 aromatic carbocycles. The minimum Gasteiger partial charge on any atom is -0.485 e. The van der Waals surface area contributed by atoms with Gasteiger partial charge in [0.1, 0.15) is 6.61 Å². The van der Waals surface area contributed by atoms with Crippen LogP contribution in [0.25, 0.3) is 0 Å². The molecule has 0 aliphatic carbocycles. The van der Waals surface area contributed by atoms with E-state index in [9.17, 15) is 18.0 Å². The Morgan fingerprint density at radius 3 is 2.09 bits per heavy atom. The third-order valence-corrected chi connectivity index (χ3v) is 8.38. The Hall–Kier alpha value is -3.11. The average molecular weight is 486 g/mol. The summed E-state index contributed by atoms with van der Waals surface area (Å²) in [5, 5.41) is 0. The van der Waals surface area contributed by atoms with Crippen LogP contribution < -0.4 is 9.47 Å². The van der Waals surface area contributed by atoms with E-state index in [-0.39, 0.29) is 23.3 Å². The van der Waals surface area contributed by atoms with Crippen molar-refractivity contribution in [2.45, 2.75) is 23.8 Å². The molecule has 2 fully saturated rings. The number of rotatable bonds is 4. The van der Waals surface area contributed by atoms with Crippen molar-refractivity contribution >= 4 is 21.8 Å². The van der Waals surface area contributed by atoms with Crippen molar-refractivity contribution < 1.29 is 27.5 Å². The first-order valence-electron chi connectivity index (χ1n) is 11.5. The number of carbonyl (C=O) groups is 2. The Balaban J connectivity index is 1.17. The van der Waals surface area contributed by atoms with E-state index >= 15 is 0 Å². The summed E-state index contributed by atoms with van der Waals surface area (Å²) in [5.74, 6) is 0.846. The second-order valence-corrected chi connectivity index (χ2v) is 10.6. The normalized spacial score (nSPS) is 20.9. The van der Waals surface area contributed by atoms with E-state index in [2.05, 4.69) is 0 Å². The molecule has 1 atom stereocenters. The zero-order chi connectivity index (χ0) is 23.7. The zero-order valence-corrected chi connectivity index (χ0v) is 19.6. The molecule has 2 aromatic rings. The van der Waals surface area contributed by atoms with Gasteiger partial charge in [-0.25, -0.2) is 8.42 Å². The van der Waals surface area contributed by atoms with Crippen LogP contribution in [0.15, 0.2) is 53.4 Å². The van der Waals surface area contributed by atoms with Crippen LogP contribution in [0.3, 0.4) is 0 Å². The Labute approximate surface area is 198 Å². The number of benzene rings is 2. The van der Waals surface area contributed by atoms with E-state index in [0.29, 0.717) is 56.3 Å². The van der Waals surface area contributed by atoms with Crippen LogP contribution in [0.2, 0.25) is 0 Å². The van der Waals surface area contributed by atoms with Gasteiger partial charge in [-0.1, -0.05) is 12.1 Å². The standard InChI is InChI=1S/C24H27N3O6S/c28-23(18-7-9-19(10-8-18)34(30,31)27-11-3-4-12-27)25-13-15-26(16-14-25)24(29)22-17-32-20-5-1-2-6-21(20)33-22/h1-2,5-10,22H,3-4,11-17H2/t22-/m0/s1. The fourth-order valence-corrected chi connectivity index (χ4v) is 6.02. The minimum atomic E-state index is -3.51. The Morgan fingerprint density at radius 2 is 1.41 bits per heavy atom. The molecular weight excluding hydrogens is 458 g/mol. The van der Waals surface area contributed by atoms with Crippen molar-refractivity contribution in [3.63, 3.8) is 0 Å². The summed E-state index contributed by atoms with van der Waals surface area (Å²) in [5.41, 5.74) is 0.431. The second kappa shape index (κ2) is 9.27. The molecule has 0 spiro atoms. The Kier molecular flexibility index (Phi) is 6.18. The van der Waals surface area contributed by atoms with Gasteiger partial charge in [-0.15, -0.1) is 0 Å². The minimum absolute atomic E-state index is 0.154. The van der Waals surface area contributed by atoms with E-state index < -0.39 is 16.1 Å². The molecule has 180 valence electrons. The van der Waals surface area contributed by atoms with Gasteiger partial charge in [-0.05, 0) is 49.2 Å². The van der Waals surface area contributed by atoms with Crippen molar-refractivity contribution in [1.82, 2.24) is 14.1 Å². The summed E-state index contributed by atoms with van der Waals surface area (Å²) in [6.45, 7) is 2.81. The summed E-state index contributed by atoms with van der Waals surface area (Å²) < 4.78 is 38.3. The number of hydrogen-bond donors (Lipinski definition) is 0. The van der Waals surface area contributed by atoms with Crippen LogP contribution in [0.4, 0.5) is 0 Å². The van der Waals surface area contributed by atoms with E-state index in [1.807, 2.05) is 12.1 Å². The quantitative estimate of drug-likeness (QED) is 0.653. The molecule has 0 bridgehead atoms. The van der Waals surface area contributed by atoms with Gasteiger partial charge in [0.15, 0.2) is 11.5 Å². The molecular formula is C24H27N3O6S. The second-order valence-electron chi connectivity index (χ2n) is 8.62. The lowest BCUT2D eigenvalue weighted by Gasteiger charge is -2.37. The molecule has 9 nitrogen and oxygen atoms in total. The Bertz CT molecular complexity index is 1170. The number of piperazine rings is 1. The molecule has 2 saturated heterocycles. The van der Waals surface area contributed by atoms with Gasteiger partial charge in [-0.3, -0.25) is 9.59 Å². The summed E-state index contributed by atoms with van der Waals surface area (Å²) in [6.07, 6.45) is 1.04. The van der Waals surface area contributed by atoms with E-state index in [1.165, 1.54) is 16.4 Å². The first-order valence-corrected chi connectivity index (χ1v) is 12.9. The highest BCUT2D eigenvalue weighted by atomic mass is 32.2. The average Bonchev–Trinajstić information content (AvgIpc) is 3.44. The van der Waals surface area contributed by atoms with Crippen LogP contribution in [0.1, 0.15) is 23.2 Å². The smallest absolute Gasteiger partial charge is 0.267 e. The molecule has 0 unspecified atom stereocenters. The molecule has 2 amide bonds. The molecule has 0 radical (unpaired) electrons. The van der Waals surface area contributed by atoms with Crippen molar-refractivity contribution in [3.8, 4) is 11.5 Å². The molecule has 3 aliphatic rings. The summed E-state index contributed by atoms with van der Waals surface area (Å²) in [6, 6.07) is 13.4. The third kappa shape index (κ3) is 4.35. The van der Waals surface area contributed by atoms with Crippen LogP contribution in [-0.2, 0) is 14.8 Å². The number of amides is 2. The largest absolute Gasteiger partial charge is 0.485 e. The number of fused-ring (bicyclic) bond motifs is 1. The summed E-state index contributed by atoms with van der Waals surface area (Å²) >= 11 is 0. The number of hydrogen-bond acceptors (Lipinski definition) is 6. The van der Waals surface area contributed by atoms with Crippen molar-refractivity contribution in [3.05, 3.63) is 54.1 Å². The highest BCUT2D eigenvalue weighted by Crippen LogP contribution is 2.31. The van der Waals surface area contributed by atoms with Crippen LogP contribution in [-0.4, -0.2) is 86.3 Å². The fourth-order valence-electron chi connectivity index (χ4n) is 4.50. The van der Waals surface area contributed by atoms with Crippen molar-refractivity contribution in [2.24, 2.45) is 0 Å². The lowest BCUT2D eigenvalue weighted by molar-refractivity contribution is -0.142. The van der Waals surface area contributed by atoms with Gasteiger partial charge in [0.05, 0.1) is 4.90 Å². The summed E-state index contributed by atoms with van der Waals surface area (Å²) in [7, 11) is -3.51. The van der Waals surface area contributed by atoms with Gasteiger partial charge in [-0.2, -0.15) is 4.31 Å². The van der Waals surface area contributed by atoms with E-state index in [4.69, 9.17) is 9.47 Å². The number of nitrogens with zero attached hydrogens (tertiary/aromatic N) is 3. The highest BCUT2D eigenvalue weighted by Gasteiger charge is 2.34. The molecule has 0 saturated carbocycles. The van der Waals surface area contributed by atoms with Gasteiger partial charge < -0.3 is 19.3 Å². The third-order valence-electron chi connectivity index (χ3n) is 6.47. The number of para-hydroxylation sites is 2. The van der Waals surface area contributed by atoms with Crippen molar-refractivity contribution in [2.75, 3.05) is 45.9 Å². The maximum atomic E-state index is 13.0. The topological polar surface area (TPSA) is 96.5 Å². The Morgan fingerprint density at radius 1 is 0.794 bits per heavy atom. The lowest BCUT2D eigenvalue weighted by atomic mass is 10.1. The molecule has 0 aromatic heterocycles. The SMILES string of the molecule is O=C(c1ccc(S(=O)(=O)N2CCCC2)cc1)N1CCN(C(=O)[C@@H]2COc3ccccc3O2)CC1. The summed E-state index contributed by atoms with van der Waals surface area (Å²) in [4.78, 5) is 29.4.